The summed E-state index contributed by atoms with van der Waals surface area (Å²) in [6.07, 6.45) is 0. The molecule has 0 aliphatic carbocycles. The van der Waals surface area contributed by atoms with Crippen molar-refractivity contribution in [3.05, 3.63) is 65.2 Å². The van der Waals surface area contributed by atoms with Crippen LogP contribution in [0.4, 0.5) is 4.79 Å². The van der Waals surface area contributed by atoms with Crippen molar-refractivity contribution in [1.82, 2.24) is 10.2 Å². The average Bonchev–Trinajstić information content (AvgIpc) is 2.91. The Hall–Kier alpha value is -3.35. The van der Waals surface area contributed by atoms with E-state index in [1.165, 1.54) is 7.11 Å². The van der Waals surface area contributed by atoms with E-state index in [0.717, 1.165) is 10.5 Å². The predicted molar refractivity (Wildman–Crippen MR) is 102 cm³/mol. The Morgan fingerprint density at radius 2 is 1.86 bits per heavy atom. The van der Waals surface area contributed by atoms with Crippen LogP contribution < -0.4 is 10.1 Å². The van der Waals surface area contributed by atoms with E-state index in [1.807, 2.05) is 25.1 Å². The molecule has 1 aliphatic rings. The van der Waals surface area contributed by atoms with Gasteiger partial charge in [-0.25, -0.2) is 4.79 Å². The Morgan fingerprint density at radius 1 is 1.14 bits per heavy atom. The van der Waals surface area contributed by atoms with Gasteiger partial charge in [0.15, 0.2) is 0 Å². The zero-order valence-electron chi connectivity index (χ0n) is 16.0. The van der Waals surface area contributed by atoms with E-state index >= 15 is 0 Å². The smallest absolute Gasteiger partial charge is 0.326 e. The number of hydrogen-bond donors (Lipinski definition) is 1. The molecule has 1 aliphatic heterocycles. The fourth-order valence-electron chi connectivity index (χ4n) is 3.16. The van der Waals surface area contributed by atoms with Crippen LogP contribution in [0.2, 0.25) is 0 Å². The molecule has 1 atom stereocenters. The van der Waals surface area contributed by atoms with Crippen molar-refractivity contribution < 1.29 is 23.9 Å². The number of urea groups is 1. The maximum absolute atomic E-state index is 12.8. The summed E-state index contributed by atoms with van der Waals surface area (Å²) in [6, 6.07) is 13.8. The van der Waals surface area contributed by atoms with Crippen molar-refractivity contribution in [3.8, 4) is 5.75 Å². The summed E-state index contributed by atoms with van der Waals surface area (Å²) >= 11 is 0. The average molecular weight is 382 g/mol. The molecule has 0 unspecified atom stereocenters. The number of esters is 1. The van der Waals surface area contributed by atoms with Crippen LogP contribution in [0.3, 0.4) is 0 Å². The molecular weight excluding hydrogens is 360 g/mol. The fraction of sp³-hybridized carbons (Fsp3) is 0.286. The van der Waals surface area contributed by atoms with Gasteiger partial charge in [0.25, 0.3) is 5.91 Å². The molecule has 146 valence electrons. The molecular formula is C21H22N2O5. The molecule has 0 saturated carbocycles. The Kier molecular flexibility index (Phi) is 5.35. The second-order valence-electron chi connectivity index (χ2n) is 6.79. The van der Waals surface area contributed by atoms with Crippen molar-refractivity contribution in [3.63, 3.8) is 0 Å². The number of nitrogens with one attached hydrogen (secondary N) is 1. The van der Waals surface area contributed by atoms with Crippen LogP contribution in [0.5, 0.6) is 5.75 Å². The molecule has 1 heterocycles. The van der Waals surface area contributed by atoms with Crippen LogP contribution in [0, 0.1) is 6.92 Å². The van der Waals surface area contributed by atoms with Gasteiger partial charge in [-0.1, -0.05) is 42.0 Å². The summed E-state index contributed by atoms with van der Waals surface area (Å²) in [5.74, 6) is -0.566. The van der Waals surface area contributed by atoms with Crippen LogP contribution in [0.25, 0.3) is 0 Å². The van der Waals surface area contributed by atoms with E-state index in [9.17, 15) is 14.4 Å². The minimum atomic E-state index is -1.21. The van der Waals surface area contributed by atoms with E-state index < -0.39 is 30.0 Å². The maximum Gasteiger partial charge on any atom is 0.326 e. The second kappa shape index (κ2) is 7.72. The number of amides is 3. The summed E-state index contributed by atoms with van der Waals surface area (Å²) in [5, 5.41) is 2.66. The number of hydrogen-bond acceptors (Lipinski definition) is 5. The van der Waals surface area contributed by atoms with Crippen molar-refractivity contribution in [2.45, 2.75) is 26.0 Å². The minimum Gasteiger partial charge on any atom is -0.496 e. The molecule has 1 fully saturated rings. The number of carbonyl (C=O) groups excluding carboxylic acids is 3. The van der Waals surface area contributed by atoms with Crippen molar-refractivity contribution >= 4 is 17.9 Å². The molecule has 1 saturated heterocycles. The summed E-state index contributed by atoms with van der Waals surface area (Å²) in [4.78, 5) is 38.2. The fourth-order valence-corrected chi connectivity index (χ4v) is 3.16. The standard InChI is InChI=1S/C21H22N2O5/c1-14-9-10-17(27-3)15(11-14)13-28-18(24)12-23-19(25)21(2,22-20(23)26)16-7-5-4-6-8-16/h4-11H,12-13H2,1-3H3,(H,22,26)/t21-/m1/s1. The number of carbonyl (C=O) groups is 3. The van der Waals surface area contributed by atoms with Gasteiger partial charge in [0.2, 0.25) is 0 Å². The predicted octanol–water partition coefficient (Wildman–Crippen LogP) is 2.51. The number of benzene rings is 2. The summed E-state index contributed by atoms with van der Waals surface area (Å²) in [5.41, 5.74) is 1.15. The first-order valence-corrected chi connectivity index (χ1v) is 8.84. The quantitative estimate of drug-likeness (QED) is 0.613. The monoisotopic (exact) mass is 382 g/mol. The molecule has 7 nitrogen and oxygen atoms in total. The lowest BCUT2D eigenvalue weighted by atomic mass is 9.92. The van der Waals surface area contributed by atoms with Crippen LogP contribution in [0.15, 0.2) is 48.5 Å². The van der Waals surface area contributed by atoms with E-state index in [-0.39, 0.29) is 6.61 Å². The summed E-state index contributed by atoms with van der Waals surface area (Å²) in [6.45, 7) is 3.07. The minimum absolute atomic E-state index is 0.0106. The van der Waals surface area contributed by atoms with Gasteiger partial charge in [-0.05, 0) is 31.5 Å². The van der Waals surface area contributed by atoms with E-state index in [1.54, 1.807) is 37.3 Å². The van der Waals surface area contributed by atoms with Crippen molar-refractivity contribution in [2.75, 3.05) is 13.7 Å². The Balaban J connectivity index is 1.67. The van der Waals surface area contributed by atoms with Crippen LogP contribution >= 0.6 is 0 Å². The van der Waals surface area contributed by atoms with Gasteiger partial charge in [-0.2, -0.15) is 0 Å². The van der Waals surface area contributed by atoms with E-state index in [4.69, 9.17) is 9.47 Å². The Bertz CT molecular complexity index is 912. The first-order valence-electron chi connectivity index (χ1n) is 8.84. The Labute approximate surface area is 163 Å². The second-order valence-corrected chi connectivity index (χ2v) is 6.79. The van der Waals surface area contributed by atoms with Gasteiger partial charge in [-0.3, -0.25) is 14.5 Å². The highest BCUT2D eigenvalue weighted by atomic mass is 16.5. The molecule has 0 bridgehead atoms. The van der Waals surface area contributed by atoms with Crippen molar-refractivity contribution in [1.29, 1.82) is 0 Å². The van der Waals surface area contributed by atoms with Gasteiger partial charge < -0.3 is 14.8 Å². The number of nitrogens with zero attached hydrogens (tertiary/aromatic N) is 1. The van der Waals surface area contributed by atoms with E-state index in [2.05, 4.69) is 5.32 Å². The third kappa shape index (κ3) is 3.69. The molecule has 2 aromatic rings. The zero-order valence-corrected chi connectivity index (χ0v) is 16.0. The van der Waals surface area contributed by atoms with Gasteiger partial charge in [-0.15, -0.1) is 0 Å². The number of aryl methyl sites for hydroxylation is 1. The zero-order chi connectivity index (χ0) is 20.3. The van der Waals surface area contributed by atoms with Gasteiger partial charge >= 0.3 is 12.0 Å². The first kappa shape index (κ1) is 19.4. The lowest BCUT2D eigenvalue weighted by Gasteiger charge is -2.22. The molecule has 7 heteroatoms. The van der Waals surface area contributed by atoms with Crippen molar-refractivity contribution in [2.24, 2.45) is 0 Å². The molecule has 0 radical (unpaired) electrons. The molecule has 0 aromatic heterocycles. The van der Waals surface area contributed by atoms with Gasteiger partial charge in [0.05, 0.1) is 7.11 Å². The number of ether oxygens (including phenoxy) is 2. The normalized spacial score (nSPS) is 18.8. The molecule has 1 N–H and O–H groups in total. The molecule has 28 heavy (non-hydrogen) atoms. The number of methoxy groups -OCH3 is 1. The van der Waals surface area contributed by atoms with Gasteiger partial charge in [0, 0.05) is 5.56 Å². The largest absolute Gasteiger partial charge is 0.496 e. The van der Waals surface area contributed by atoms with E-state index in [0.29, 0.717) is 16.9 Å². The topological polar surface area (TPSA) is 84.9 Å². The lowest BCUT2D eigenvalue weighted by Crippen LogP contribution is -2.41. The summed E-state index contributed by atoms with van der Waals surface area (Å²) in [7, 11) is 1.54. The lowest BCUT2D eigenvalue weighted by molar-refractivity contribution is -0.148. The molecule has 3 amide bonds. The number of imide groups is 1. The molecule has 0 spiro atoms. The maximum atomic E-state index is 12.8. The van der Waals surface area contributed by atoms with Gasteiger partial charge in [0.1, 0.15) is 24.4 Å². The molecule has 2 aromatic carbocycles. The third-order valence-corrected chi connectivity index (χ3v) is 4.74. The van der Waals surface area contributed by atoms with Crippen LogP contribution in [-0.2, 0) is 26.5 Å². The third-order valence-electron chi connectivity index (χ3n) is 4.74. The van der Waals surface area contributed by atoms with Crippen LogP contribution in [0.1, 0.15) is 23.6 Å². The summed E-state index contributed by atoms with van der Waals surface area (Å²) < 4.78 is 10.5. The highest BCUT2D eigenvalue weighted by Gasteiger charge is 2.49. The number of rotatable bonds is 6. The van der Waals surface area contributed by atoms with Crippen LogP contribution in [-0.4, -0.2) is 36.5 Å². The molecule has 3 rings (SSSR count). The highest BCUT2D eigenvalue weighted by molar-refractivity contribution is 6.08. The first-order chi connectivity index (χ1) is 13.3. The SMILES string of the molecule is COc1ccc(C)cc1COC(=O)CN1C(=O)N[C@](C)(c2ccccc2)C1=O. The Morgan fingerprint density at radius 3 is 2.54 bits per heavy atom. The highest BCUT2D eigenvalue weighted by Crippen LogP contribution is 2.28.